The van der Waals surface area contributed by atoms with Crippen LogP contribution in [0.25, 0.3) is 0 Å². The summed E-state index contributed by atoms with van der Waals surface area (Å²) >= 11 is 1.04. The maximum Gasteiger partial charge on any atom is 0.573 e. The number of aliphatic hydroxyl groups excluding tert-OH is 1. The van der Waals surface area contributed by atoms with Crippen molar-refractivity contribution in [1.82, 2.24) is 4.31 Å². The molecule has 0 saturated heterocycles. The van der Waals surface area contributed by atoms with E-state index in [1.807, 2.05) is 38.1 Å². The summed E-state index contributed by atoms with van der Waals surface area (Å²) in [5.41, 5.74) is 1.64. The highest BCUT2D eigenvalue weighted by atomic mass is 32.2. The van der Waals surface area contributed by atoms with E-state index in [1.165, 1.54) is 22.5 Å². The van der Waals surface area contributed by atoms with Gasteiger partial charge in [0.15, 0.2) is 5.78 Å². The van der Waals surface area contributed by atoms with Gasteiger partial charge in [-0.2, -0.15) is 4.31 Å². The quantitative estimate of drug-likeness (QED) is 0.130. The van der Waals surface area contributed by atoms with Crippen LogP contribution in [0.5, 0.6) is 5.75 Å². The summed E-state index contributed by atoms with van der Waals surface area (Å²) in [6.07, 6.45) is 0.0390. The molecule has 0 unspecified atom stereocenters. The molecule has 1 fully saturated rings. The fraction of sp³-hybridized carbons (Fsp3) is 0.390. The van der Waals surface area contributed by atoms with E-state index in [0.717, 1.165) is 40.2 Å². The van der Waals surface area contributed by atoms with Gasteiger partial charge in [0.1, 0.15) is 9.96 Å². The molecule has 2 bridgehead atoms. The van der Waals surface area contributed by atoms with E-state index in [2.05, 4.69) is 10.8 Å². The highest BCUT2D eigenvalue weighted by molar-refractivity contribution is 7.91. The summed E-state index contributed by atoms with van der Waals surface area (Å²) in [5.74, 6) is -0.934. The molecule has 3 aliphatic rings. The second-order valence-electron chi connectivity index (χ2n) is 14.5. The molecule has 0 amide bonds. The molecule has 7 rings (SSSR count). The lowest BCUT2D eigenvalue weighted by Crippen LogP contribution is -2.53. The Morgan fingerprint density at radius 1 is 1.00 bits per heavy atom. The summed E-state index contributed by atoms with van der Waals surface area (Å²) in [5, 5.41) is 25.5. The van der Waals surface area contributed by atoms with Gasteiger partial charge < -0.3 is 14.9 Å². The third-order valence-electron chi connectivity index (χ3n) is 11.0. The number of hydrogen-bond donors (Lipinski definition) is 2. The van der Waals surface area contributed by atoms with Gasteiger partial charge in [-0.05, 0) is 104 Å². The second kappa shape index (κ2) is 15.5. The van der Waals surface area contributed by atoms with Gasteiger partial charge in [0.2, 0.25) is 0 Å². The van der Waals surface area contributed by atoms with Crippen LogP contribution in [0.2, 0.25) is 0 Å². The fourth-order valence-corrected chi connectivity index (χ4v) is 10.6. The highest BCUT2D eigenvalue weighted by Crippen LogP contribution is 2.59. The summed E-state index contributed by atoms with van der Waals surface area (Å²) in [6.45, 7) is 3.51. The first-order chi connectivity index (χ1) is 25.1. The largest absolute Gasteiger partial charge is 0.573 e. The number of alkyl halides is 3. The summed E-state index contributed by atoms with van der Waals surface area (Å²) < 4.78 is 72.4. The Morgan fingerprint density at radius 3 is 2.42 bits per heavy atom. The molecule has 1 heterocycles. The van der Waals surface area contributed by atoms with E-state index in [-0.39, 0.29) is 35.4 Å². The number of rotatable bonds is 9. The maximum atomic E-state index is 14.3. The first kappa shape index (κ1) is 38.9. The van der Waals surface area contributed by atoms with Gasteiger partial charge in [-0.25, -0.2) is 8.42 Å². The summed E-state index contributed by atoms with van der Waals surface area (Å²) in [6, 6.07) is 22.9. The smallest absolute Gasteiger partial charge is 0.406 e. The van der Waals surface area contributed by atoms with Crippen molar-refractivity contribution in [2.45, 2.75) is 93.5 Å². The Labute approximate surface area is 312 Å². The molecule has 0 spiro atoms. The molecule has 3 aliphatic carbocycles. The number of ether oxygens (including phenoxy) is 1. The minimum absolute atomic E-state index is 0.0795. The lowest BCUT2D eigenvalue weighted by molar-refractivity contribution is -0.274. The van der Waals surface area contributed by atoms with Crippen molar-refractivity contribution < 1.29 is 41.3 Å². The zero-order valence-corrected chi connectivity index (χ0v) is 31.3. The third-order valence-corrected chi connectivity index (χ3v) is 14.2. The normalized spacial score (nSPS) is 24.0. The van der Waals surface area contributed by atoms with Gasteiger partial charge in [-0.15, -0.1) is 24.5 Å². The Kier molecular flexibility index (Phi) is 11.4. The zero-order valence-electron chi connectivity index (χ0n) is 29.7. The summed E-state index contributed by atoms with van der Waals surface area (Å²) in [7, 11) is -4.16. The molecule has 4 aromatic rings. The lowest BCUT2D eigenvalue weighted by Gasteiger charge is -2.46. The van der Waals surface area contributed by atoms with Gasteiger partial charge >= 0.3 is 6.36 Å². The summed E-state index contributed by atoms with van der Waals surface area (Å²) in [4.78, 5) is 14.2. The van der Waals surface area contributed by atoms with Crippen molar-refractivity contribution in [3.8, 4) is 5.75 Å². The van der Waals surface area contributed by atoms with Crippen molar-refractivity contribution in [2.24, 2.45) is 5.41 Å². The van der Waals surface area contributed by atoms with Crippen LogP contribution in [0, 0.1) is 5.41 Å². The van der Waals surface area contributed by atoms with Gasteiger partial charge in [0.25, 0.3) is 10.0 Å². The fourth-order valence-electron chi connectivity index (χ4n) is 8.00. The first-order valence-corrected chi connectivity index (χ1v) is 20.1. The first-order valence-electron chi connectivity index (χ1n) is 17.7. The number of sulfonamides is 1. The monoisotopic (exact) mass is 767 g/mol. The van der Waals surface area contributed by atoms with E-state index >= 15 is 0 Å². The van der Waals surface area contributed by atoms with E-state index in [0.29, 0.717) is 55.2 Å². The predicted octanol–water partition coefficient (Wildman–Crippen LogP) is 8.81. The van der Waals surface area contributed by atoms with Crippen molar-refractivity contribution in [3.05, 3.63) is 130 Å². The van der Waals surface area contributed by atoms with Crippen molar-refractivity contribution in [1.29, 1.82) is 0 Å². The minimum Gasteiger partial charge on any atom is -0.406 e. The molecule has 1 aromatic heterocycles. The van der Waals surface area contributed by atoms with Crippen molar-refractivity contribution >= 4 is 27.1 Å². The molecular formula is C41H44F3NO6S2. The number of carbonyl (C=O) groups is 1. The van der Waals surface area contributed by atoms with Crippen LogP contribution >= 0.6 is 11.3 Å². The molecule has 0 radical (unpaired) electrons. The highest BCUT2D eigenvalue weighted by Gasteiger charge is 2.58. The zero-order chi connectivity index (χ0) is 38.0. The van der Waals surface area contributed by atoms with Gasteiger partial charge in [-0.1, -0.05) is 79.2 Å². The number of ketones is 1. The third kappa shape index (κ3) is 8.62. The minimum atomic E-state index is -4.87. The number of nitrogens with zero attached hydrogens (tertiary/aromatic N) is 1. The molecule has 1 saturated carbocycles. The van der Waals surface area contributed by atoms with Crippen LogP contribution in [-0.4, -0.2) is 53.3 Å². The lowest BCUT2D eigenvalue weighted by atomic mass is 9.64. The van der Waals surface area contributed by atoms with Crippen LogP contribution in [0.3, 0.4) is 0 Å². The average Bonchev–Trinajstić information content (AvgIpc) is 3.75. The number of allylic oxidation sites excluding steroid dienone is 2. The number of thiophene rings is 1. The standard InChI is InChI=1S/C41H44F3NO6S2/c1-28-8-6-21-39(2)36(34-19-15-30(24-32(46)16-12-28)25-35(34)38(47)31-9-4-3-5-10-31)20-22-40(39,48)27-45(53(49,50)37-11-7-23-52-37)26-29-13-17-33(18-14-29)51-41(42,43)44/h3-5,7-11,13-15,17-19,23,25,32,36,46,48H,6,12,16,20-22,24,26-27H2,1-2H3/t32-,36-,39-,40+/m0/s1. The molecule has 12 heteroatoms. The van der Waals surface area contributed by atoms with E-state index < -0.39 is 39.3 Å². The molecule has 53 heavy (non-hydrogen) atoms. The number of aliphatic hydroxyl groups is 2. The van der Waals surface area contributed by atoms with Crippen LogP contribution in [0.4, 0.5) is 13.2 Å². The number of hydrogen-bond acceptors (Lipinski definition) is 7. The van der Waals surface area contributed by atoms with Gasteiger partial charge in [-0.3, -0.25) is 4.79 Å². The van der Waals surface area contributed by atoms with Crippen molar-refractivity contribution in [3.63, 3.8) is 0 Å². The number of fused-ring (bicyclic) bond motifs is 8. The van der Waals surface area contributed by atoms with Crippen LogP contribution in [-0.2, 0) is 23.0 Å². The van der Waals surface area contributed by atoms with Gasteiger partial charge in [0.05, 0.1) is 11.7 Å². The number of carbonyl (C=O) groups excluding carboxylic acids is 1. The van der Waals surface area contributed by atoms with Crippen LogP contribution < -0.4 is 4.74 Å². The molecular weight excluding hydrogens is 724 g/mol. The SMILES string of the molecule is CC1=CCC[C@@]2(C)[C@@H](CC[C@@]2(O)CN(Cc2ccc(OC(F)(F)F)cc2)S(=O)(=O)c2cccs2)c2ccc(cc2C(=O)c2ccccc2)C[C@@H](O)CC1. The van der Waals surface area contributed by atoms with Gasteiger partial charge in [0, 0.05) is 29.6 Å². The molecule has 7 nitrogen and oxygen atoms in total. The van der Waals surface area contributed by atoms with Crippen LogP contribution in [0.1, 0.15) is 90.9 Å². The Hall–Kier alpha value is -3.81. The maximum absolute atomic E-state index is 14.3. The predicted molar refractivity (Wildman–Crippen MR) is 198 cm³/mol. The average molecular weight is 768 g/mol. The van der Waals surface area contributed by atoms with E-state index in [1.54, 1.807) is 35.7 Å². The van der Waals surface area contributed by atoms with E-state index in [9.17, 15) is 36.6 Å². The Bertz CT molecular complexity index is 2030. The van der Waals surface area contributed by atoms with Crippen molar-refractivity contribution in [2.75, 3.05) is 6.54 Å². The molecule has 0 aliphatic heterocycles. The van der Waals surface area contributed by atoms with Crippen LogP contribution in [0.15, 0.2) is 106 Å². The topological polar surface area (TPSA) is 104 Å². The number of benzene rings is 3. The Morgan fingerprint density at radius 2 is 1.74 bits per heavy atom. The molecule has 4 atom stereocenters. The Balaban J connectivity index is 1.43. The molecule has 282 valence electrons. The van der Waals surface area contributed by atoms with E-state index in [4.69, 9.17) is 0 Å². The number of halogens is 3. The second-order valence-corrected chi connectivity index (χ2v) is 17.7. The molecule has 3 aromatic carbocycles. The molecule has 2 N–H and O–H groups in total.